The Hall–Kier alpha value is -0.650. The highest BCUT2D eigenvalue weighted by Gasteiger charge is 2.37. The molecule has 2 aliphatic rings. The monoisotopic (exact) mass is 256 g/mol. The fourth-order valence-electron chi connectivity index (χ4n) is 2.60. The topological polar surface area (TPSA) is 50.8 Å². The summed E-state index contributed by atoms with van der Waals surface area (Å²) in [4.78, 5) is 14.3. The van der Waals surface area contributed by atoms with Gasteiger partial charge in [0.1, 0.15) is 0 Å². The highest BCUT2D eigenvalue weighted by atomic mass is 16.5. The molecule has 1 amide bonds. The summed E-state index contributed by atoms with van der Waals surface area (Å²) < 4.78 is 10.8. The molecule has 0 radical (unpaired) electrons. The Morgan fingerprint density at radius 2 is 2.17 bits per heavy atom. The minimum Gasteiger partial charge on any atom is -0.379 e. The van der Waals surface area contributed by atoms with Gasteiger partial charge in [0.05, 0.1) is 31.8 Å². The van der Waals surface area contributed by atoms with Crippen molar-refractivity contribution in [3.8, 4) is 0 Å². The van der Waals surface area contributed by atoms with Gasteiger partial charge in [0.2, 0.25) is 5.91 Å². The van der Waals surface area contributed by atoms with Crippen molar-refractivity contribution in [2.24, 2.45) is 5.92 Å². The van der Waals surface area contributed by atoms with Gasteiger partial charge in [-0.3, -0.25) is 4.79 Å². The molecule has 3 atom stereocenters. The summed E-state index contributed by atoms with van der Waals surface area (Å²) in [6.45, 7) is 5.68. The molecule has 2 fully saturated rings. The van der Waals surface area contributed by atoms with Crippen LogP contribution >= 0.6 is 0 Å². The first-order valence-corrected chi connectivity index (χ1v) is 6.89. The first kappa shape index (κ1) is 13.8. The van der Waals surface area contributed by atoms with Crippen molar-refractivity contribution in [2.75, 3.05) is 40.0 Å². The minimum atomic E-state index is -0.0397. The number of rotatable bonds is 5. The maximum absolute atomic E-state index is 12.5. The quantitative estimate of drug-likeness (QED) is 0.766. The van der Waals surface area contributed by atoms with Crippen LogP contribution in [0.5, 0.6) is 0 Å². The Morgan fingerprint density at radius 1 is 1.33 bits per heavy atom. The summed E-state index contributed by atoms with van der Waals surface area (Å²) in [6, 6.07) is 0.409. The van der Waals surface area contributed by atoms with Gasteiger partial charge in [-0.05, 0) is 19.4 Å². The SMILES string of the molecule is CCCNC1COCC1C(=O)N(C)C1CCOC1. The predicted octanol–water partition coefficient (Wildman–Crippen LogP) is 0.248. The lowest BCUT2D eigenvalue weighted by atomic mass is 10.0. The van der Waals surface area contributed by atoms with Gasteiger partial charge in [0.15, 0.2) is 0 Å². The predicted molar refractivity (Wildman–Crippen MR) is 68.4 cm³/mol. The molecule has 0 spiro atoms. The Bertz CT molecular complexity index is 279. The lowest BCUT2D eigenvalue weighted by Gasteiger charge is -2.28. The molecular weight excluding hydrogens is 232 g/mol. The van der Waals surface area contributed by atoms with Crippen LogP contribution in [0, 0.1) is 5.92 Å². The molecule has 2 rings (SSSR count). The average Bonchev–Trinajstić information content (AvgIpc) is 3.05. The van der Waals surface area contributed by atoms with Crippen molar-refractivity contribution < 1.29 is 14.3 Å². The van der Waals surface area contributed by atoms with Crippen molar-refractivity contribution in [1.29, 1.82) is 0 Å². The first-order valence-electron chi connectivity index (χ1n) is 6.89. The van der Waals surface area contributed by atoms with E-state index in [1.807, 2.05) is 11.9 Å². The van der Waals surface area contributed by atoms with E-state index in [1.54, 1.807) is 0 Å². The fraction of sp³-hybridized carbons (Fsp3) is 0.923. The second kappa shape index (κ2) is 6.50. The van der Waals surface area contributed by atoms with E-state index in [4.69, 9.17) is 9.47 Å². The smallest absolute Gasteiger partial charge is 0.229 e. The summed E-state index contributed by atoms with van der Waals surface area (Å²) in [5, 5.41) is 3.40. The minimum absolute atomic E-state index is 0.0397. The van der Waals surface area contributed by atoms with Crippen molar-refractivity contribution >= 4 is 5.91 Å². The summed E-state index contributed by atoms with van der Waals surface area (Å²) in [7, 11) is 1.89. The zero-order valence-corrected chi connectivity index (χ0v) is 11.4. The van der Waals surface area contributed by atoms with E-state index in [0.717, 1.165) is 26.0 Å². The Kier molecular flexibility index (Phi) is 4.97. The molecule has 2 saturated heterocycles. The number of hydrogen-bond acceptors (Lipinski definition) is 4. The fourth-order valence-corrected chi connectivity index (χ4v) is 2.60. The highest BCUT2D eigenvalue weighted by Crippen LogP contribution is 2.20. The third-order valence-corrected chi connectivity index (χ3v) is 3.86. The number of nitrogens with zero attached hydrogens (tertiary/aromatic N) is 1. The molecule has 0 bridgehead atoms. The van der Waals surface area contributed by atoms with E-state index in [9.17, 15) is 4.79 Å². The molecule has 18 heavy (non-hydrogen) atoms. The van der Waals surface area contributed by atoms with Crippen LogP contribution < -0.4 is 5.32 Å². The van der Waals surface area contributed by atoms with Crippen LogP contribution in [0.2, 0.25) is 0 Å². The third kappa shape index (κ3) is 3.02. The molecule has 1 N–H and O–H groups in total. The van der Waals surface area contributed by atoms with Crippen molar-refractivity contribution in [3.63, 3.8) is 0 Å². The molecular formula is C13H24N2O3. The molecule has 5 heteroatoms. The average molecular weight is 256 g/mol. The van der Waals surface area contributed by atoms with E-state index < -0.39 is 0 Å². The van der Waals surface area contributed by atoms with Crippen molar-refractivity contribution in [2.45, 2.75) is 31.8 Å². The van der Waals surface area contributed by atoms with Gasteiger partial charge in [0, 0.05) is 19.7 Å². The van der Waals surface area contributed by atoms with E-state index in [1.165, 1.54) is 0 Å². The van der Waals surface area contributed by atoms with Crippen LogP contribution in [-0.4, -0.2) is 62.9 Å². The molecule has 0 aliphatic carbocycles. The Balaban J connectivity index is 1.89. The molecule has 5 nitrogen and oxygen atoms in total. The van der Waals surface area contributed by atoms with Gasteiger partial charge < -0.3 is 19.7 Å². The second-order valence-corrected chi connectivity index (χ2v) is 5.17. The van der Waals surface area contributed by atoms with Crippen LogP contribution in [0.15, 0.2) is 0 Å². The van der Waals surface area contributed by atoms with Crippen molar-refractivity contribution in [1.82, 2.24) is 10.2 Å². The van der Waals surface area contributed by atoms with Crippen LogP contribution in [0.3, 0.4) is 0 Å². The maximum Gasteiger partial charge on any atom is 0.229 e. The molecule has 2 aliphatic heterocycles. The standard InChI is InChI=1S/C13H24N2O3/c1-3-5-14-12-9-18-8-11(12)13(16)15(2)10-4-6-17-7-10/h10-12,14H,3-9H2,1-2H3. The summed E-state index contributed by atoms with van der Waals surface area (Å²) in [6.07, 6.45) is 2.02. The van der Waals surface area contributed by atoms with Crippen molar-refractivity contribution in [3.05, 3.63) is 0 Å². The van der Waals surface area contributed by atoms with Crippen LogP contribution in [0.25, 0.3) is 0 Å². The number of amides is 1. The largest absolute Gasteiger partial charge is 0.379 e. The van der Waals surface area contributed by atoms with Gasteiger partial charge >= 0.3 is 0 Å². The lowest BCUT2D eigenvalue weighted by Crippen LogP contribution is -2.48. The Labute approximate surface area is 109 Å². The molecule has 3 unspecified atom stereocenters. The highest BCUT2D eigenvalue weighted by molar-refractivity contribution is 5.80. The van der Waals surface area contributed by atoms with Gasteiger partial charge in [-0.2, -0.15) is 0 Å². The van der Waals surface area contributed by atoms with E-state index >= 15 is 0 Å². The molecule has 2 heterocycles. The summed E-state index contributed by atoms with van der Waals surface area (Å²) >= 11 is 0. The Morgan fingerprint density at radius 3 is 2.83 bits per heavy atom. The van der Waals surface area contributed by atoms with Gasteiger partial charge in [-0.15, -0.1) is 0 Å². The number of hydrogen-bond donors (Lipinski definition) is 1. The molecule has 0 aromatic carbocycles. The van der Waals surface area contributed by atoms with Crippen LogP contribution in [0.1, 0.15) is 19.8 Å². The first-order chi connectivity index (χ1) is 8.74. The molecule has 104 valence electrons. The van der Waals surface area contributed by atoms with Gasteiger partial charge in [-0.25, -0.2) is 0 Å². The zero-order valence-electron chi connectivity index (χ0n) is 11.4. The van der Waals surface area contributed by atoms with E-state index in [0.29, 0.717) is 19.8 Å². The number of carbonyl (C=O) groups excluding carboxylic acids is 1. The second-order valence-electron chi connectivity index (χ2n) is 5.17. The summed E-state index contributed by atoms with van der Waals surface area (Å²) in [5.74, 6) is 0.152. The van der Waals surface area contributed by atoms with Gasteiger partial charge in [0.25, 0.3) is 0 Å². The maximum atomic E-state index is 12.5. The molecule has 0 saturated carbocycles. The number of nitrogens with one attached hydrogen (secondary N) is 1. The van der Waals surface area contributed by atoms with E-state index in [2.05, 4.69) is 12.2 Å². The normalized spacial score (nSPS) is 31.8. The number of carbonyl (C=O) groups is 1. The molecule has 0 aromatic heterocycles. The number of likely N-dealkylation sites (N-methyl/N-ethyl adjacent to an activating group) is 1. The van der Waals surface area contributed by atoms with Gasteiger partial charge in [-0.1, -0.05) is 6.92 Å². The molecule has 0 aromatic rings. The summed E-state index contributed by atoms with van der Waals surface area (Å²) in [5.41, 5.74) is 0. The third-order valence-electron chi connectivity index (χ3n) is 3.86. The lowest BCUT2D eigenvalue weighted by molar-refractivity contribution is -0.136. The van der Waals surface area contributed by atoms with Crippen LogP contribution in [-0.2, 0) is 14.3 Å². The zero-order chi connectivity index (χ0) is 13.0. The number of ether oxygens (including phenoxy) is 2. The van der Waals surface area contributed by atoms with E-state index in [-0.39, 0.29) is 23.9 Å². The van der Waals surface area contributed by atoms with Crippen LogP contribution in [0.4, 0.5) is 0 Å².